The van der Waals surface area contributed by atoms with E-state index >= 15 is 0 Å². The third-order valence-corrected chi connectivity index (χ3v) is 17.8. The predicted molar refractivity (Wildman–Crippen MR) is 315 cm³/mol. The van der Waals surface area contributed by atoms with E-state index < -0.39 is 0 Å². The summed E-state index contributed by atoms with van der Waals surface area (Å²) >= 11 is 3.59. The van der Waals surface area contributed by atoms with Crippen LogP contribution in [-0.4, -0.2) is 9.13 Å². The number of thiophene rings is 2. The van der Waals surface area contributed by atoms with Gasteiger partial charge in [-0.3, -0.25) is 0 Å². The van der Waals surface area contributed by atoms with Crippen molar-refractivity contribution in [3.05, 3.63) is 235 Å². The third-order valence-electron chi connectivity index (χ3n) is 15.4. The number of hydrogen-bond acceptors (Lipinski definition) is 4. The molecule has 0 radical (unpaired) electrons. The van der Waals surface area contributed by atoms with Crippen LogP contribution in [0.3, 0.4) is 0 Å². The van der Waals surface area contributed by atoms with E-state index in [0.717, 1.165) is 119 Å². The second kappa shape index (κ2) is 15.9. The highest BCUT2D eigenvalue weighted by molar-refractivity contribution is 7.27. The van der Waals surface area contributed by atoms with Crippen molar-refractivity contribution in [3.8, 4) is 50.8 Å². The van der Waals surface area contributed by atoms with Crippen LogP contribution < -0.4 is 0 Å². The fourth-order valence-corrected chi connectivity index (χ4v) is 14.8. The van der Waals surface area contributed by atoms with E-state index in [-0.39, 0.29) is 0 Å². The molecule has 5 heterocycles. The van der Waals surface area contributed by atoms with Gasteiger partial charge in [0.25, 0.3) is 0 Å². The van der Waals surface area contributed by atoms with Crippen molar-refractivity contribution in [2.45, 2.75) is 0 Å². The maximum atomic E-state index is 12.3. The summed E-state index contributed by atoms with van der Waals surface area (Å²) in [4.78, 5) is 4.69. The standard InChI is InChI=1S/C68H36N4OS2/c1-70-60-57(40-20-7-3-8-21-40)52(38-69)62(71-53-37-36-48-43-24-11-14-29-54(43)73-66(48)59(53)51-28-17-27-42(61(51)71)39-18-5-2-6-19-39)58(41-22-9-4-10-23-41)65(60)72-63-46(32-34-49-44-25-12-15-30-55(44)74-67(49)63)47-33-35-50-45-26-13-16-31-56(45)75-68(50)64(47)72/h2-37H. The van der Waals surface area contributed by atoms with Crippen LogP contribution in [0.2, 0.25) is 0 Å². The van der Waals surface area contributed by atoms with E-state index in [2.05, 4.69) is 179 Å². The number of hydrogen-bond donors (Lipinski definition) is 0. The Morgan fingerprint density at radius 1 is 0.427 bits per heavy atom. The molecular formula is C68H36N4OS2. The molecule has 0 atom stereocenters. The minimum atomic E-state index is 0.402. The second-order valence-electron chi connectivity index (χ2n) is 19.2. The van der Waals surface area contributed by atoms with Gasteiger partial charge in [0, 0.05) is 74.6 Å². The number of aromatic nitrogens is 2. The Morgan fingerprint density at radius 2 is 0.947 bits per heavy atom. The zero-order valence-corrected chi connectivity index (χ0v) is 41.4. The van der Waals surface area contributed by atoms with Crippen LogP contribution in [-0.2, 0) is 0 Å². The fourth-order valence-electron chi connectivity index (χ4n) is 12.3. The van der Waals surface area contributed by atoms with Crippen LogP contribution in [0.4, 0.5) is 5.69 Å². The Morgan fingerprint density at radius 3 is 1.56 bits per heavy atom. The first-order valence-electron chi connectivity index (χ1n) is 24.9. The molecule has 0 saturated heterocycles. The molecule has 0 N–H and O–H groups in total. The topological polar surface area (TPSA) is 51.1 Å². The van der Waals surface area contributed by atoms with Crippen LogP contribution in [0.5, 0.6) is 0 Å². The zero-order valence-electron chi connectivity index (χ0n) is 39.8. The van der Waals surface area contributed by atoms with Gasteiger partial charge in [-0.1, -0.05) is 188 Å². The average Bonchev–Trinajstić information content (AvgIpc) is 4.40. The molecule has 0 aliphatic carbocycles. The van der Waals surface area contributed by atoms with Crippen molar-refractivity contribution < 1.29 is 4.42 Å². The highest BCUT2D eigenvalue weighted by Gasteiger charge is 2.34. The van der Waals surface area contributed by atoms with Gasteiger partial charge in [0.15, 0.2) is 0 Å². The molecule has 16 aromatic rings. The number of furan rings is 1. The van der Waals surface area contributed by atoms with Gasteiger partial charge in [-0.05, 0) is 47.0 Å². The van der Waals surface area contributed by atoms with Crippen LogP contribution in [0.15, 0.2) is 223 Å². The summed E-state index contributed by atoms with van der Waals surface area (Å²) in [6.07, 6.45) is 0. The predicted octanol–water partition coefficient (Wildman–Crippen LogP) is 19.9. The highest BCUT2D eigenvalue weighted by atomic mass is 32.1. The number of nitrogens with zero attached hydrogens (tertiary/aromatic N) is 4. The Labute approximate surface area is 436 Å². The van der Waals surface area contributed by atoms with E-state index in [9.17, 15) is 11.8 Å². The van der Waals surface area contributed by atoms with Crippen molar-refractivity contribution in [1.29, 1.82) is 5.26 Å². The van der Waals surface area contributed by atoms with Gasteiger partial charge in [0.1, 0.15) is 17.2 Å². The lowest BCUT2D eigenvalue weighted by Gasteiger charge is -2.26. The molecule has 346 valence electrons. The molecule has 5 aromatic heterocycles. The van der Waals surface area contributed by atoms with Gasteiger partial charge in [0.2, 0.25) is 5.69 Å². The Hall–Kier alpha value is -9.76. The number of nitriles is 1. The summed E-state index contributed by atoms with van der Waals surface area (Å²) in [7, 11) is 0. The summed E-state index contributed by atoms with van der Waals surface area (Å²) in [6, 6.07) is 79.5. The number of fused-ring (bicyclic) bond motifs is 18. The molecule has 0 unspecified atom stereocenters. The second-order valence-corrected chi connectivity index (χ2v) is 21.3. The molecular weight excluding hydrogens is 953 g/mol. The van der Waals surface area contributed by atoms with Crippen molar-refractivity contribution in [2.24, 2.45) is 0 Å². The normalized spacial score (nSPS) is 12.0. The van der Waals surface area contributed by atoms with Gasteiger partial charge >= 0.3 is 0 Å². The lowest BCUT2D eigenvalue weighted by molar-refractivity contribution is 0.673. The minimum absolute atomic E-state index is 0.402. The quantitative estimate of drug-likeness (QED) is 0.161. The smallest absolute Gasteiger partial charge is 0.220 e. The van der Waals surface area contributed by atoms with Crippen molar-refractivity contribution in [2.75, 3.05) is 0 Å². The van der Waals surface area contributed by atoms with Crippen LogP contribution in [0.1, 0.15) is 5.56 Å². The van der Waals surface area contributed by atoms with Gasteiger partial charge in [-0.25, -0.2) is 4.85 Å². The maximum Gasteiger partial charge on any atom is 0.220 e. The monoisotopic (exact) mass is 988 g/mol. The molecule has 7 heteroatoms. The lowest BCUT2D eigenvalue weighted by Crippen LogP contribution is -2.09. The Balaban J connectivity index is 1.22. The fraction of sp³-hybridized carbons (Fsp3) is 0. The van der Waals surface area contributed by atoms with Crippen LogP contribution in [0, 0.1) is 17.9 Å². The Bertz CT molecular complexity index is 5070. The number of rotatable bonds is 5. The lowest BCUT2D eigenvalue weighted by atomic mass is 9.88. The Kier molecular flexibility index (Phi) is 8.85. The van der Waals surface area contributed by atoms with E-state index in [1.54, 1.807) is 22.7 Å². The van der Waals surface area contributed by atoms with Crippen molar-refractivity contribution >= 4 is 134 Å². The third kappa shape index (κ3) is 5.74. The van der Waals surface area contributed by atoms with Gasteiger partial charge in [0.05, 0.1) is 60.4 Å². The zero-order chi connectivity index (χ0) is 49.5. The summed E-state index contributed by atoms with van der Waals surface area (Å²) in [5.74, 6) is 0. The van der Waals surface area contributed by atoms with E-state index in [1.165, 1.54) is 20.2 Å². The molecule has 0 aliphatic rings. The molecule has 0 fully saturated rings. The van der Waals surface area contributed by atoms with Gasteiger partial charge < -0.3 is 13.6 Å². The molecule has 0 amide bonds. The van der Waals surface area contributed by atoms with Crippen LogP contribution in [0.25, 0.3) is 155 Å². The highest BCUT2D eigenvalue weighted by Crippen LogP contribution is 2.56. The van der Waals surface area contributed by atoms with Gasteiger partial charge in [-0.2, -0.15) is 5.26 Å². The first kappa shape index (κ1) is 41.8. The molecule has 16 rings (SSSR count). The van der Waals surface area contributed by atoms with Gasteiger partial charge in [-0.15, -0.1) is 22.7 Å². The summed E-state index contributed by atoms with van der Waals surface area (Å²) in [5, 5.41) is 23.2. The molecule has 11 aromatic carbocycles. The number of benzene rings is 11. The van der Waals surface area contributed by atoms with E-state index in [1.807, 2.05) is 54.6 Å². The molecule has 0 spiro atoms. The maximum absolute atomic E-state index is 12.3. The van der Waals surface area contributed by atoms with Crippen LogP contribution >= 0.6 is 22.7 Å². The molecule has 75 heavy (non-hydrogen) atoms. The van der Waals surface area contributed by atoms with Crippen molar-refractivity contribution in [3.63, 3.8) is 0 Å². The first-order chi connectivity index (χ1) is 37.2. The molecule has 0 bridgehead atoms. The SMILES string of the molecule is [C-]#[N+]c1c(-c2ccccc2)c(C#N)c(-n2c3ccc4c5ccccc5oc4c3c3cccc(-c4ccccc4)c32)c(-c2ccccc2)c1-n1c2c(ccc3c4ccccc4sc32)c2ccc3c4ccccc4sc3c21. The molecule has 5 nitrogen and oxygen atoms in total. The summed E-state index contributed by atoms with van der Waals surface area (Å²) in [6.45, 7) is 9.61. The van der Waals surface area contributed by atoms with E-state index in [4.69, 9.17) is 9.26 Å². The minimum Gasteiger partial charge on any atom is -0.455 e. The van der Waals surface area contributed by atoms with E-state index in [0.29, 0.717) is 22.5 Å². The molecule has 0 saturated carbocycles. The number of para-hydroxylation sites is 2. The summed E-state index contributed by atoms with van der Waals surface area (Å²) in [5.41, 5.74) is 12.7. The molecule has 0 aliphatic heterocycles. The first-order valence-corrected chi connectivity index (χ1v) is 26.6. The van der Waals surface area contributed by atoms with Crippen molar-refractivity contribution in [1.82, 2.24) is 9.13 Å². The largest absolute Gasteiger partial charge is 0.455 e. The average molecular weight is 989 g/mol. The summed E-state index contributed by atoms with van der Waals surface area (Å²) < 4.78 is 16.4.